The number of thiophene rings is 1. The third-order valence-corrected chi connectivity index (χ3v) is 5.19. The summed E-state index contributed by atoms with van der Waals surface area (Å²) in [6, 6.07) is 2.28. The van der Waals surface area contributed by atoms with Gasteiger partial charge in [0, 0.05) is 18.1 Å². The van der Waals surface area contributed by atoms with Crippen molar-refractivity contribution < 1.29 is 9.53 Å². The van der Waals surface area contributed by atoms with Crippen LogP contribution < -0.4 is 11.1 Å². The van der Waals surface area contributed by atoms with Crippen LogP contribution in [0.25, 0.3) is 0 Å². The molecule has 3 N–H and O–H groups in total. The molecule has 1 aliphatic heterocycles. The second kappa shape index (κ2) is 5.23. The van der Waals surface area contributed by atoms with Crippen LogP contribution in [-0.2, 0) is 16.0 Å². The van der Waals surface area contributed by atoms with Crippen LogP contribution >= 0.6 is 11.3 Å². The van der Waals surface area contributed by atoms with Gasteiger partial charge in [-0.2, -0.15) is 0 Å². The zero-order valence-electron chi connectivity index (χ0n) is 11.0. The summed E-state index contributed by atoms with van der Waals surface area (Å²) < 4.78 is 5.29. The van der Waals surface area contributed by atoms with E-state index in [1.165, 1.54) is 10.4 Å². The summed E-state index contributed by atoms with van der Waals surface area (Å²) in [5.74, 6) is -0.0140. The Morgan fingerprint density at radius 3 is 3.05 bits per heavy atom. The molecule has 2 heterocycles. The fraction of sp³-hybridized carbons (Fsp3) is 0.643. The number of carbonyl (C=O) groups excluding carboxylic acids is 1. The Morgan fingerprint density at radius 2 is 2.26 bits per heavy atom. The van der Waals surface area contributed by atoms with Crippen molar-refractivity contribution in [3.05, 3.63) is 21.9 Å². The van der Waals surface area contributed by atoms with Gasteiger partial charge in [0.25, 0.3) is 0 Å². The maximum Gasteiger partial charge on any atom is 0.240 e. The first-order chi connectivity index (χ1) is 9.19. The summed E-state index contributed by atoms with van der Waals surface area (Å²) in [4.78, 5) is 13.8. The molecule has 104 valence electrons. The van der Waals surface area contributed by atoms with Crippen LogP contribution in [-0.4, -0.2) is 24.7 Å². The molecule has 1 aromatic heterocycles. The summed E-state index contributed by atoms with van der Waals surface area (Å²) in [7, 11) is 0. The Balaban J connectivity index is 1.71. The van der Waals surface area contributed by atoms with Crippen LogP contribution in [0.5, 0.6) is 0 Å². The number of nitrogens with one attached hydrogen (secondary N) is 1. The lowest BCUT2D eigenvalue weighted by molar-refractivity contribution is -0.130. The highest BCUT2D eigenvalue weighted by atomic mass is 32.1. The molecule has 0 saturated carbocycles. The lowest BCUT2D eigenvalue weighted by atomic mass is 9.88. The molecule has 4 nitrogen and oxygen atoms in total. The average Bonchev–Trinajstić information content (AvgIpc) is 2.89. The van der Waals surface area contributed by atoms with Crippen LogP contribution in [0.15, 0.2) is 11.4 Å². The molecule has 1 aromatic rings. The molecule has 0 bridgehead atoms. The highest BCUT2D eigenvalue weighted by Crippen LogP contribution is 2.33. The summed E-state index contributed by atoms with van der Waals surface area (Å²) in [5.41, 5.74) is 6.77. The first-order valence-electron chi connectivity index (χ1n) is 6.93. The lowest BCUT2D eigenvalue weighted by Gasteiger charge is -2.34. The predicted molar refractivity (Wildman–Crippen MR) is 75.1 cm³/mol. The molecule has 1 fully saturated rings. The van der Waals surface area contributed by atoms with Gasteiger partial charge >= 0.3 is 0 Å². The van der Waals surface area contributed by atoms with Gasteiger partial charge in [0.2, 0.25) is 5.91 Å². The SMILES string of the molecule is NC1(C(=O)NC2CCCc3sccc32)CCOCC1. The third kappa shape index (κ3) is 2.55. The lowest BCUT2D eigenvalue weighted by Crippen LogP contribution is -2.57. The number of aryl methyl sites for hydroxylation is 1. The van der Waals surface area contributed by atoms with Gasteiger partial charge in [-0.1, -0.05) is 0 Å². The number of carbonyl (C=O) groups is 1. The molecule has 0 aromatic carbocycles. The van der Waals surface area contributed by atoms with Gasteiger partial charge < -0.3 is 15.8 Å². The Bertz CT molecular complexity index is 466. The second-order valence-corrected chi connectivity index (χ2v) is 6.49. The monoisotopic (exact) mass is 280 g/mol. The first kappa shape index (κ1) is 13.1. The van der Waals surface area contributed by atoms with Crippen molar-refractivity contribution in [2.75, 3.05) is 13.2 Å². The van der Waals surface area contributed by atoms with Gasteiger partial charge in [0.05, 0.1) is 11.6 Å². The molecule has 1 unspecified atom stereocenters. The number of fused-ring (bicyclic) bond motifs is 1. The van der Waals surface area contributed by atoms with E-state index in [9.17, 15) is 4.79 Å². The van der Waals surface area contributed by atoms with Crippen molar-refractivity contribution in [2.45, 2.75) is 43.7 Å². The van der Waals surface area contributed by atoms with Crippen molar-refractivity contribution in [1.29, 1.82) is 0 Å². The summed E-state index contributed by atoms with van der Waals surface area (Å²) in [6.45, 7) is 1.16. The largest absolute Gasteiger partial charge is 0.381 e. The van der Waals surface area contributed by atoms with Crippen LogP contribution in [0.1, 0.15) is 42.2 Å². The van der Waals surface area contributed by atoms with Crippen LogP contribution in [0.3, 0.4) is 0 Å². The Labute approximate surface area is 117 Å². The first-order valence-corrected chi connectivity index (χ1v) is 7.81. The standard InChI is InChI=1S/C14H20N2O2S/c15-14(5-7-18-8-6-14)13(17)16-11-2-1-3-12-10(11)4-9-19-12/h4,9,11H,1-3,5-8,15H2,(H,16,17). The molecule has 2 aliphatic rings. The minimum Gasteiger partial charge on any atom is -0.381 e. The molecule has 3 rings (SSSR count). The predicted octanol–water partition coefficient (Wildman–Crippen LogP) is 1.75. The molecule has 1 saturated heterocycles. The number of ether oxygens (including phenoxy) is 1. The second-order valence-electron chi connectivity index (χ2n) is 5.49. The van der Waals surface area contributed by atoms with Gasteiger partial charge in [-0.15, -0.1) is 11.3 Å². The quantitative estimate of drug-likeness (QED) is 0.867. The maximum absolute atomic E-state index is 12.4. The molecular formula is C14H20N2O2S. The molecule has 0 spiro atoms. The van der Waals surface area contributed by atoms with Gasteiger partial charge in [-0.05, 0) is 49.1 Å². The van der Waals surface area contributed by atoms with E-state index in [0.29, 0.717) is 26.1 Å². The molecule has 1 amide bonds. The number of amides is 1. The third-order valence-electron chi connectivity index (χ3n) is 4.19. The van der Waals surface area contributed by atoms with Crippen LogP contribution in [0.2, 0.25) is 0 Å². The van der Waals surface area contributed by atoms with E-state index < -0.39 is 5.54 Å². The minimum absolute atomic E-state index is 0.0140. The zero-order chi connectivity index (χ0) is 13.3. The van der Waals surface area contributed by atoms with Gasteiger partial charge in [-0.25, -0.2) is 0 Å². The normalized spacial score (nSPS) is 25.6. The van der Waals surface area contributed by atoms with Crippen molar-refractivity contribution in [1.82, 2.24) is 5.32 Å². The summed E-state index contributed by atoms with van der Waals surface area (Å²) in [6.07, 6.45) is 4.52. The highest BCUT2D eigenvalue weighted by Gasteiger charge is 2.37. The van der Waals surface area contributed by atoms with Gasteiger partial charge in [0.15, 0.2) is 0 Å². The number of hydrogen-bond donors (Lipinski definition) is 2. The fourth-order valence-electron chi connectivity index (χ4n) is 2.90. The van der Waals surface area contributed by atoms with E-state index in [-0.39, 0.29) is 11.9 Å². The molecular weight excluding hydrogens is 260 g/mol. The summed E-state index contributed by atoms with van der Waals surface area (Å²) in [5, 5.41) is 5.27. The highest BCUT2D eigenvalue weighted by molar-refractivity contribution is 7.10. The molecule has 5 heteroatoms. The maximum atomic E-state index is 12.4. The van der Waals surface area contributed by atoms with Gasteiger partial charge in [-0.3, -0.25) is 4.79 Å². The van der Waals surface area contributed by atoms with Crippen LogP contribution in [0, 0.1) is 0 Å². The average molecular weight is 280 g/mol. The van der Waals surface area contributed by atoms with E-state index >= 15 is 0 Å². The molecule has 0 radical (unpaired) electrons. The Kier molecular flexibility index (Phi) is 3.60. The van der Waals surface area contributed by atoms with Gasteiger partial charge in [0.1, 0.15) is 0 Å². The number of hydrogen-bond acceptors (Lipinski definition) is 4. The van der Waals surface area contributed by atoms with E-state index in [4.69, 9.17) is 10.5 Å². The Morgan fingerprint density at radius 1 is 1.47 bits per heavy atom. The molecule has 1 atom stereocenters. The fourth-order valence-corrected chi connectivity index (χ4v) is 3.89. The van der Waals surface area contributed by atoms with Crippen molar-refractivity contribution in [2.24, 2.45) is 5.73 Å². The van der Waals surface area contributed by atoms with E-state index in [1.807, 2.05) is 0 Å². The Hall–Kier alpha value is -0.910. The molecule has 1 aliphatic carbocycles. The molecule has 19 heavy (non-hydrogen) atoms. The number of nitrogens with two attached hydrogens (primary N) is 1. The van der Waals surface area contributed by atoms with Crippen molar-refractivity contribution in [3.8, 4) is 0 Å². The minimum atomic E-state index is -0.744. The van der Waals surface area contributed by atoms with E-state index in [2.05, 4.69) is 16.8 Å². The zero-order valence-corrected chi connectivity index (χ0v) is 11.8. The van der Waals surface area contributed by atoms with Crippen molar-refractivity contribution in [3.63, 3.8) is 0 Å². The van der Waals surface area contributed by atoms with E-state index in [0.717, 1.165) is 19.3 Å². The van der Waals surface area contributed by atoms with Crippen LogP contribution in [0.4, 0.5) is 0 Å². The van der Waals surface area contributed by atoms with Crippen molar-refractivity contribution >= 4 is 17.2 Å². The van der Waals surface area contributed by atoms with E-state index in [1.54, 1.807) is 11.3 Å². The summed E-state index contributed by atoms with van der Waals surface area (Å²) >= 11 is 1.79. The smallest absolute Gasteiger partial charge is 0.240 e. The number of rotatable bonds is 2. The topological polar surface area (TPSA) is 64.4 Å².